The van der Waals surface area contributed by atoms with Gasteiger partial charge in [0.15, 0.2) is 5.82 Å². The van der Waals surface area contributed by atoms with E-state index in [2.05, 4.69) is 16.7 Å². The SMILES string of the molecule is C=NN1C=C(C)C(N2CC[C@H](N)C2)=N/C1=C/C1CCCCN1C(=O)c1ccc(C)cc1F. The minimum Gasteiger partial charge on any atom is -0.355 e. The van der Waals surface area contributed by atoms with E-state index in [1.165, 1.54) is 6.07 Å². The van der Waals surface area contributed by atoms with Crippen LogP contribution in [0.2, 0.25) is 0 Å². The summed E-state index contributed by atoms with van der Waals surface area (Å²) >= 11 is 0. The molecule has 32 heavy (non-hydrogen) atoms. The fourth-order valence-electron chi connectivity index (χ4n) is 4.59. The Morgan fingerprint density at radius 1 is 1.28 bits per heavy atom. The maximum Gasteiger partial charge on any atom is 0.257 e. The lowest BCUT2D eigenvalue weighted by atomic mass is 9.99. The number of aliphatic imine (C=N–C) groups is 1. The molecular weight excluding hydrogens is 407 g/mol. The molecule has 1 aromatic carbocycles. The Kier molecular flexibility index (Phi) is 6.41. The quantitative estimate of drug-likeness (QED) is 0.735. The highest BCUT2D eigenvalue weighted by Gasteiger charge is 2.31. The van der Waals surface area contributed by atoms with Crippen LogP contribution in [0.3, 0.4) is 0 Å². The van der Waals surface area contributed by atoms with Crippen molar-refractivity contribution in [2.24, 2.45) is 15.8 Å². The number of hydrogen-bond acceptors (Lipinski definition) is 6. The molecule has 0 bridgehead atoms. The van der Waals surface area contributed by atoms with Crippen LogP contribution in [0.15, 0.2) is 52.0 Å². The minimum absolute atomic E-state index is 0.106. The second-order valence-electron chi connectivity index (χ2n) is 8.80. The minimum atomic E-state index is -0.483. The van der Waals surface area contributed by atoms with Gasteiger partial charge in [0.05, 0.1) is 11.6 Å². The number of carbonyl (C=O) groups excluding carboxylic acids is 1. The van der Waals surface area contributed by atoms with E-state index in [9.17, 15) is 9.18 Å². The monoisotopic (exact) mass is 438 g/mol. The third-order valence-corrected chi connectivity index (χ3v) is 6.31. The van der Waals surface area contributed by atoms with Crippen molar-refractivity contribution in [2.45, 2.75) is 51.6 Å². The van der Waals surface area contributed by atoms with Crippen molar-refractivity contribution in [1.29, 1.82) is 0 Å². The summed E-state index contributed by atoms with van der Waals surface area (Å²) in [6.45, 7) is 9.68. The molecule has 3 aliphatic rings. The van der Waals surface area contributed by atoms with Gasteiger partial charge >= 0.3 is 0 Å². The summed E-state index contributed by atoms with van der Waals surface area (Å²) in [6, 6.07) is 4.69. The first-order valence-electron chi connectivity index (χ1n) is 11.2. The Labute approximate surface area is 188 Å². The Morgan fingerprint density at radius 2 is 2.09 bits per heavy atom. The van der Waals surface area contributed by atoms with E-state index in [-0.39, 0.29) is 23.6 Å². The number of hydrazone groups is 1. The third-order valence-electron chi connectivity index (χ3n) is 6.31. The topological polar surface area (TPSA) is 77.5 Å². The predicted molar refractivity (Wildman–Crippen MR) is 125 cm³/mol. The third kappa shape index (κ3) is 4.46. The van der Waals surface area contributed by atoms with Crippen LogP contribution in [-0.4, -0.2) is 65.0 Å². The van der Waals surface area contributed by atoms with E-state index in [1.54, 1.807) is 22.0 Å². The summed E-state index contributed by atoms with van der Waals surface area (Å²) in [4.78, 5) is 22.1. The molecular formula is C24H31FN6O. The van der Waals surface area contributed by atoms with Crippen molar-refractivity contribution in [2.75, 3.05) is 19.6 Å². The van der Waals surface area contributed by atoms with Crippen LogP contribution < -0.4 is 5.73 Å². The van der Waals surface area contributed by atoms with Gasteiger partial charge in [0.25, 0.3) is 5.91 Å². The predicted octanol–water partition coefficient (Wildman–Crippen LogP) is 3.24. The Bertz CT molecular complexity index is 1000. The van der Waals surface area contributed by atoms with Gasteiger partial charge in [-0.3, -0.25) is 4.79 Å². The summed E-state index contributed by atoms with van der Waals surface area (Å²) in [7, 11) is 0. The first kappa shape index (κ1) is 22.2. The van der Waals surface area contributed by atoms with Crippen LogP contribution in [-0.2, 0) is 0 Å². The van der Waals surface area contributed by atoms with Crippen molar-refractivity contribution in [3.05, 3.63) is 58.8 Å². The summed E-state index contributed by atoms with van der Waals surface area (Å²) in [5.41, 5.74) is 7.98. The number of aryl methyl sites for hydroxylation is 1. The van der Waals surface area contributed by atoms with E-state index in [1.807, 2.05) is 26.1 Å². The summed E-state index contributed by atoms with van der Waals surface area (Å²) in [5.74, 6) is 0.722. The molecule has 1 aromatic rings. The summed E-state index contributed by atoms with van der Waals surface area (Å²) in [6.07, 6.45) is 7.46. The smallest absolute Gasteiger partial charge is 0.257 e. The van der Waals surface area contributed by atoms with Gasteiger partial charge in [-0.1, -0.05) is 6.07 Å². The number of likely N-dealkylation sites (tertiary alicyclic amines) is 2. The second kappa shape index (κ2) is 9.24. The van der Waals surface area contributed by atoms with Crippen LogP contribution in [0.1, 0.15) is 48.5 Å². The maximum atomic E-state index is 14.5. The van der Waals surface area contributed by atoms with Gasteiger partial charge in [-0.25, -0.2) is 14.4 Å². The van der Waals surface area contributed by atoms with E-state index >= 15 is 0 Å². The van der Waals surface area contributed by atoms with Gasteiger partial charge in [0, 0.05) is 44.2 Å². The number of carbonyl (C=O) groups is 1. The molecule has 0 saturated carbocycles. The molecule has 2 fully saturated rings. The van der Waals surface area contributed by atoms with Gasteiger partial charge in [0.2, 0.25) is 0 Å². The normalized spacial score (nSPS) is 25.1. The molecule has 7 nitrogen and oxygen atoms in total. The van der Waals surface area contributed by atoms with Gasteiger partial charge < -0.3 is 15.5 Å². The van der Waals surface area contributed by atoms with Crippen LogP contribution in [0.4, 0.5) is 4.39 Å². The number of nitrogens with two attached hydrogens (primary N) is 1. The molecule has 0 aromatic heterocycles. The lowest BCUT2D eigenvalue weighted by Crippen LogP contribution is -2.43. The highest BCUT2D eigenvalue weighted by molar-refractivity contribution is 5.99. The van der Waals surface area contributed by atoms with Crippen LogP contribution in [0.5, 0.6) is 0 Å². The zero-order valence-electron chi connectivity index (χ0n) is 18.8. The van der Waals surface area contributed by atoms with Gasteiger partial charge in [-0.05, 0) is 63.3 Å². The largest absolute Gasteiger partial charge is 0.355 e. The molecule has 8 heteroatoms. The molecule has 2 atom stereocenters. The molecule has 3 aliphatic heterocycles. The lowest BCUT2D eigenvalue weighted by molar-refractivity contribution is 0.0657. The molecule has 0 spiro atoms. The Hall–Kier alpha value is -3.00. The van der Waals surface area contributed by atoms with Crippen molar-refractivity contribution < 1.29 is 9.18 Å². The number of benzene rings is 1. The van der Waals surface area contributed by atoms with Crippen molar-refractivity contribution in [3.8, 4) is 0 Å². The van der Waals surface area contributed by atoms with E-state index in [0.717, 1.165) is 55.7 Å². The zero-order chi connectivity index (χ0) is 22.8. The number of hydrogen-bond donors (Lipinski definition) is 1. The molecule has 0 aliphatic carbocycles. The first-order valence-corrected chi connectivity index (χ1v) is 11.2. The number of halogens is 1. The fourth-order valence-corrected chi connectivity index (χ4v) is 4.59. The molecule has 3 heterocycles. The number of amidine groups is 1. The van der Waals surface area contributed by atoms with E-state index in [0.29, 0.717) is 12.4 Å². The molecule has 2 saturated heterocycles. The Balaban J connectivity index is 1.64. The molecule has 1 unspecified atom stereocenters. The molecule has 2 N–H and O–H groups in total. The van der Waals surface area contributed by atoms with Gasteiger partial charge in [-0.15, -0.1) is 0 Å². The van der Waals surface area contributed by atoms with E-state index < -0.39 is 5.82 Å². The molecule has 4 rings (SSSR count). The molecule has 170 valence electrons. The number of piperidine rings is 1. The molecule has 0 radical (unpaired) electrons. The van der Waals surface area contributed by atoms with E-state index in [4.69, 9.17) is 10.7 Å². The highest BCUT2D eigenvalue weighted by atomic mass is 19.1. The summed E-state index contributed by atoms with van der Waals surface area (Å²) in [5, 5.41) is 5.74. The standard InChI is InChI=1S/C24H31FN6O/c1-16-7-8-20(21(25)12-16)24(32)30-10-5-4-6-19(30)13-22-28-23(17(2)14-31(22)27-3)29-11-9-18(26)15-29/h7-8,12-14,18-19H,3-6,9-11,15,26H2,1-2H3/b22-13-/t18-,19?/m0/s1. The number of amides is 1. The van der Waals surface area contributed by atoms with Gasteiger partial charge in [-0.2, -0.15) is 5.10 Å². The number of rotatable bonds is 3. The highest BCUT2D eigenvalue weighted by Crippen LogP contribution is 2.27. The zero-order valence-corrected chi connectivity index (χ0v) is 18.8. The average Bonchev–Trinajstić information content (AvgIpc) is 3.20. The second-order valence-corrected chi connectivity index (χ2v) is 8.80. The lowest BCUT2D eigenvalue weighted by Gasteiger charge is -2.35. The number of nitrogens with zero attached hydrogens (tertiary/aromatic N) is 5. The maximum absolute atomic E-state index is 14.5. The van der Waals surface area contributed by atoms with Crippen LogP contribution in [0, 0.1) is 12.7 Å². The van der Waals surface area contributed by atoms with Gasteiger partial charge in [0.1, 0.15) is 11.7 Å². The molecule has 1 amide bonds. The van der Waals surface area contributed by atoms with Crippen LogP contribution >= 0.6 is 0 Å². The van der Waals surface area contributed by atoms with Crippen molar-refractivity contribution >= 4 is 18.5 Å². The fraction of sp³-hybridized carbons (Fsp3) is 0.458. The average molecular weight is 439 g/mol. The van der Waals surface area contributed by atoms with Crippen LogP contribution in [0.25, 0.3) is 0 Å². The summed E-state index contributed by atoms with van der Waals surface area (Å²) < 4.78 is 14.5. The Morgan fingerprint density at radius 3 is 2.78 bits per heavy atom. The first-order chi connectivity index (χ1) is 15.4. The van der Waals surface area contributed by atoms with Crippen molar-refractivity contribution in [3.63, 3.8) is 0 Å². The van der Waals surface area contributed by atoms with Crippen molar-refractivity contribution in [1.82, 2.24) is 14.8 Å².